The third-order valence-corrected chi connectivity index (χ3v) is 3.04. The van der Waals surface area contributed by atoms with Crippen LogP contribution in [0.25, 0.3) is 0 Å². The van der Waals surface area contributed by atoms with Crippen molar-refractivity contribution in [2.75, 3.05) is 6.61 Å². The molecular weight excluding hydrogens is 315 g/mol. The van der Waals surface area contributed by atoms with E-state index in [9.17, 15) is 22.8 Å². The average Bonchev–Trinajstić information content (AvgIpc) is 2.50. The maximum atomic E-state index is 12.8. The largest absolute Gasteiger partial charge is 0.464 e. The molecule has 8 heteroatoms. The molecule has 0 aliphatic heterocycles. The highest BCUT2D eigenvalue weighted by Crippen LogP contribution is 2.29. The van der Waals surface area contributed by atoms with Crippen LogP contribution in [0.3, 0.4) is 0 Å². The van der Waals surface area contributed by atoms with Crippen molar-refractivity contribution in [1.82, 2.24) is 5.32 Å². The number of esters is 1. The molecule has 0 aromatic heterocycles. The number of benzene rings is 1. The van der Waals surface area contributed by atoms with Gasteiger partial charge >= 0.3 is 18.2 Å². The molecule has 0 fully saturated rings. The molecule has 128 valence electrons. The van der Waals surface area contributed by atoms with Gasteiger partial charge in [-0.05, 0) is 12.5 Å². The van der Waals surface area contributed by atoms with Gasteiger partial charge in [-0.1, -0.05) is 37.3 Å². The Balaban J connectivity index is 2.68. The Morgan fingerprint density at radius 3 is 2.30 bits per heavy atom. The van der Waals surface area contributed by atoms with Crippen LogP contribution in [0.5, 0.6) is 0 Å². The summed E-state index contributed by atoms with van der Waals surface area (Å²) in [4.78, 5) is 23.3. The lowest BCUT2D eigenvalue weighted by Crippen LogP contribution is -2.50. The second-order valence-electron chi connectivity index (χ2n) is 4.77. The third-order valence-electron chi connectivity index (χ3n) is 3.04. The molecule has 2 atom stereocenters. The van der Waals surface area contributed by atoms with Crippen molar-refractivity contribution in [2.45, 2.75) is 32.7 Å². The van der Waals surface area contributed by atoms with Gasteiger partial charge in [-0.2, -0.15) is 13.2 Å². The molecule has 0 spiro atoms. The van der Waals surface area contributed by atoms with Crippen molar-refractivity contribution >= 4 is 12.1 Å². The van der Waals surface area contributed by atoms with E-state index in [1.165, 1.54) is 6.92 Å². The molecule has 5 nitrogen and oxygen atoms in total. The minimum atomic E-state index is -4.66. The molecule has 1 rings (SSSR count). The van der Waals surface area contributed by atoms with E-state index >= 15 is 0 Å². The molecule has 1 aromatic rings. The summed E-state index contributed by atoms with van der Waals surface area (Å²) >= 11 is 0. The van der Waals surface area contributed by atoms with Gasteiger partial charge < -0.3 is 14.8 Å². The first-order chi connectivity index (χ1) is 10.8. The van der Waals surface area contributed by atoms with E-state index in [4.69, 9.17) is 4.74 Å². The van der Waals surface area contributed by atoms with Crippen molar-refractivity contribution in [3.05, 3.63) is 35.9 Å². The molecule has 0 saturated heterocycles. The molecule has 23 heavy (non-hydrogen) atoms. The molecule has 1 unspecified atom stereocenters. The predicted octanol–water partition coefficient (Wildman–Crippen LogP) is 3.04. The fourth-order valence-corrected chi connectivity index (χ4v) is 1.70. The van der Waals surface area contributed by atoms with E-state index in [1.54, 1.807) is 30.3 Å². The first kappa shape index (κ1) is 18.8. The van der Waals surface area contributed by atoms with Gasteiger partial charge in [0.2, 0.25) is 0 Å². The second-order valence-corrected chi connectivity index (χ2v) is 4.77. The first-order valence-electron chi connectivity index (χ1n) is 6.96. The van der Waals surface area contributed by atoms with E-state index in [-0.39, 0.29) is 13.2 Å². The highest BCUT2D eigenvalue weighted by Gasteiger charge is 2.45. The highest BCUT2D eigenvalue weighted by atomic mass is 19.4. The number of amides is 1. The van der Waals surface area contributed by atoms with Crippen LogP contribution in [0.4, 0.5) is 18.0 Å². The van der Waals surface area contributed by atoms with Crippen LogP contribution in [0, 0.1) is 5.92 Å². The summed E-state index contributed by atoms with van der Waals surface area (Å²) in [6.45, 7) is 2.03. The van der Waals surface area contributed by atoms with Gasteiger partial charge in [0.05, 0.1) is 12.5 Å². The number of hydrogen-bond acceptors (Lipinski definition) is 4. The quantitative estimate of drug-likeness (QED) is 0.813. The van der Waals surface area contributed by atoms with Gasteiger partial charge in [-0.15, -0.1) is 0 Å². The SMILES string of the molecule is CCOC(=O)[C@@H](NC(=O)OCc1ccccc1)C(C)C(F)(F)F. The van der Waals surface area contributed by atoms with Crippen LogP contribution in [-0.2, 0) is 20.9 Å². The minimum absolute atomic E-state index is 0.0966. The fourth-order valence-electron chi connectivity index (χ4n) is 1.70. The molecule has 1 N–H and O–H groups in total. The van der Waals surface area contributed by atoms with Gasteiger partial charge in [-0.25, -0.2) is 9.59 Å². The van der Waals surface area contributed by atoms with Crippen molar-refractivity contribution in [3.8, 4) is 0 Å². The number of carbonyl (C=O) groups is 2. The number of carbonyl (C=O) groups excluding carboxylic acids is 2. The molecule has 0 saturated carbocycles. The average molecular weight is 333 g/mol. The summed E-state index contributed by atoms with van der Waals surface area (Å²) in [5, 5.41) is 1.92. The summed E-state index contributed by atoms with van der Waals surface area (Å²) < 4.78 is 47.8. The zero-order valence-electron chi connectivity index (χ0n) is 12.7. The molecule has 0 radical (unpaired) electrons. The van der Waals surface area contributed by atoms with Crippen LogP contribution < -0.4 is 5.32 Å². The zero-order chi connectivity index (χ0) is 17.5. The number of nitrogens with one attached hydrogen (secondary N) is 1. The van der Waals surface area contributed by atoms with E-state index in [1.807, 2.05) is 5.32 Å². The smallest absolute Gasteiger partial charge is 0.408 e. The Hall–Kier alpha value is -2.25. The van der Waals surface area contributed by atoms with Gasteiger partial charge in [0, 0.05) is 0 Å². The molecule has 1 aromatic carbocycles. The maximum absolute atomic E-state index is 12.8. The van der Waals surface area contributed by atoms with E-state index in [2.05, 4.69) is 4.74 Å². The highest BCUT2D eigenvalue weighted by molar-refractivity contribution is 5.81. The number of rotatable bonds is 6. The number of alkyl halides is 3. The summed E-state index contributed by atoms with van der Waals surface area (Å²) in [7, 11) is 0. The van der Waals surface area contributed by atoms with Gasteiger partial charge in [-0.3, -0.25) is 0 Å². The number of alkyl carbamates (subject to hydrolysis) is 1. The van der Waals surface area contributed by atoms with Crippen LogP contribution in [0.15, 0.2) is 30.3 Å². The predicted molar refractivity (Wildman–Crippen MR) is 75.4 cm³/mol. The number of ether oxygens (including phenoxy) is 2. The van der Waals surface area contributed by atoms with Crippen LogP contribution in [0.2, 0.25) is 0 Å². The summed E-state index contributed by atoms with van der Waals surface area (Å²) in [6, 6.07) is 6.74. The van der Waals surface area contributed by atoms with Crippen molar-refractivity contribution in [2.24, 2.45) is 5.92 Å². The standard InChI is InChI=1S/C15H18F3NO4/c1-3-22-13(20)12(10(2)15(16,17)18)19-14(21)23-9-11-7-5-4-6-8-11/h4-8,10,12H,3,9H2,1-2H3,(H,19,21)/t10?,12-/m0/s1. The topological polar surface area (TPSA) is 64.6 Å². The molecule has 1 amide bonds. The van der Waals surface area contributed by atoms with E-state index < -0.39 is 30.2 Å². The first-order valence-corrected chi connectivity index (χ1v) is 6.96. The van der Waals surface area contributed by atoms with Gasteiger partial charge in [0.1, 0.15) is 12.6 Å². The monoisotopic (exact) mass is 333 g/mol. The molecule has 0 heterocycles. The van der Waals surface area contributed by atoms with E-state index in [0.29, 0.717) is 5.56 Å². The molecule has 0 bridgehead atoms. The molecule has 0 aliphatic rings. The number of hydrogen-bond donors (Lipinski definition) is 1. The molecular formula is C15H18F3NO4. The van der Waals surface area contributed by atoms with Crippen molar-refractivity contribution < 1.29 is 32.2 Å². The summed E-state index contributed by atoms with van der Waals surface area (Å²) in [6.07, 6.45) is -5.78. The minimum Gasteiger partial charge on any atom is -0.464 e. The Labute approximate surface area is 131 Å². The second kappa shape index (κ2) is 8.40. The van der Waals surface area contributed by atoms with Crippen molar-refractivity contribution in [1.29, 1.82) is 0 Å². The van der Waals surface area contributed by atoms with Gasteiger partial charge in [0.15, 0.2) is 0 Å². The van der Waals surface area contributed by atoms with Crippen molar-refractivity contribution in [3.63, 3.8) is 0 Å². The zero-order valence-corrected chi connectivity index (χ0v) is 12.7. The summed E-state index contributed by atoms with van der Waals surface area (Å²) in [5.41, 5.74) is 0.666. The lowest BCUT2D eigenvalue weighted by molar-refractivity contribution is -0.186. The van der Waals surface area contributed by atoms with Crippen LogP contribution in [-0.4, -0.2) is 30.9 Å². The fraction of sp³-hybridized carbons (Fsp3) is 0.467. The van der Waals surface area contributed by atoms with Crippen LogP contribution in [0.1, 0.15) is 19.4 Å². The Morgan fingerprint density at radius 1 is 1.17 bits per heavy atom. The maximum Gasteiger partial charge on any atom is 0.408 e. The summed E-state index contributed by atoms with van der Waals surface area (Å²) in [5.74, 6) is -3.26. The lowest BCUT2D eigenvalue weighted by atomic mass is 10.0. The number of halogens is 3. The third kappa shape index (κ3) is 6.17. The lowest BCUT2D eigenvalue weighted by Gasteiger charge is -2.24. The van der Waals surface area contributed by atoms with E-state index in [0.717, 1.165) is 6.92 Å². The Bertz CT molecular complexity index is 519. The molecule has 0 aliphatic carbocycles. The Kier molecular flexibility index (Phi) is 6.87. The van der Waals surface area contributed by atoms with Gasteiger partial charge in [0.25, 0.3) is 0 Å². The van der Waals surface area contributed by atoms with Crippen LogP contribution >= 0.6 is 0 Å². The Morgan fingerprint density at radius 2 is 1.78 bits per heavy atom. The normalized spacial score (nSPS) is 13.8.